The van der Waals surface area contributed by atoms with E-state index < -0.39 is 0 Å². The van der Waals surface area contributed by atoms with Crippen LogP contribution in [0.3, 0.4) is 0 Å². The maximum Gasteiger partial charge on any atom is 0.0462 e. The zero-order chi connectivity index (χ0) is 51.5. The van der Waals surface area contributed by atoms with Gasteiger partial charge < -0.3 is 4.90 Å². The van der Waals surface area contributed by atoms with Crippen LogP contribution in [0.25, 0.3) is 66.8 Å². The first kappa shape index (κ1) is 50.7. The van der Waals surface area contributed by atoms with E-state index in [1.807, 2.05) is 0 Å². The van der Waals surface area contributed by atoms with Crippen LogP contribution in [0.4, 0.5) is 17.1 Å². The normalized spacial score (nSPS) is 11.8. The number of rotatable bonds is 15. The quantitative estimate of drug-likeness (QED) is 0.0990. The number of anilines is 3. The molecule has 0 radical (unpaired) electrons. The van der Waals surface area contributed by atoms with Crippen molar-refractivity contribution in [1.29, 1.82) is 0 Å². The minimum Gasteiger partial charge on any atom is -0.311 e. The summed E-state index contributed by atoms with van der Waals surface area (Å²) in [7, 11) is 0. The molecule has 0 heterocycles. The summed E-state index contributed by atoms with van der Waals surface area (Å²) in [5.74, 6) is 2.65. The SMILES string of the molecule is CC(C)c1ccc(-c2ccc(C(C)C)c(-c3ccc(N(c4ccc(-c5cc(-c6ccc(C(C)C)cc6)ccc5C(C)C)cc4)c4ccc(-c5cc(-c6ccc(C(C)C)cc6)ccc5C(C)C)cc4)cc3)c2)cc1. The molecular weight excluding hydrogens is 879 g/mol. The first-order valence-electron chi connectivity index (χ1n) is 27.0. The molecule has 0 aliphatic rings. The lowest BCUT2D eigenvalue weighted by molar-refractivity contribution is 0.866. The highest BCUT2D eigenvalue weighted by Gasteiger charge is 2.19. The zero-order valence-corrected chi connectivity index (χ0v) is 45.5. The molecule has 0 saturated carbocycles. The Balaban J connectivity index is 1.12. The van der Waals surface area contributed by atoms with Gasteiger partial charge in [-0.3, -0.25) is 0 Å². The maximum absolute atomic E-state index is 2.42. The van der Waals surface area contributed by atoms with Gasteiger partial charge in [0.1, 0.15) is 0 Å². The standard InChI is InChI=1S/C72H75N/c1-46(2)52-13-19-55(20-14-52)61-31-40-67(49(7)8)70(43-61)58-25-34-64(35-26-58)73(65-36-27-59(28-37-65)71-44-62(32-41-68(71)50(9)10)56-21-15-53(16-22-56)47(3)4)66-38-29-60(30-39-66)72-45-63(33-42-69(72)51(11)12)57-23-17-54(18-24-57)48(5)6/h13-51H,1-12H3. The second-order valence-corrected chi connectivity index (χ2v) is 22.2. The van der Waals surface area contributed by atoms with Crippen LogP contribution in [0.1, 0.15) is 152 Å². The van der Waals surface area contributed by atoms with Crippen molar-refractivity contribution in [3.63, 3.8) is 0 Å². The molecule has 0 atom stereocenters. The average molecular weight is 954 g/mol. The van der Waals surface area contributed by atoms with E-state index in [4.69, 9.17) is 0 Å². The molecule has 0 unspecified atom stereocenters. The molecule has 1 heteroatoms. The minimum absolute atomic E-state index is 0.380. The molecule has 73 heavy (non-hydrogen) atoms. The van der Waals surface area contributed by atoms with Gasteiger partial charge in [0, 0.05) is 17.1 Å². The van der Waals surface area contributed by atoms with Crippen LogP contribution in [-0.4, -0.2) is 0 Å². The Labute approximate surface area is 438 Å². The van der Waals surface area contributed by atoms with Crippen molar-refractivity contribution < 1.29 is 0 Å². The summed E-state index contributed by atoms with van der Waals surface area (Å²) in [5.41, 5.74) is 26.5. The molecule has 0 aliphatic heterocycles. The topological polar surface area (TPSA) is 3.24 Å². The van der Waals surface area contributed by atoms with E-state index in [9.17, 15) is 0 Å². The van der Waals surface area contributed by atoms with Crippen LogP contribution in [-0.2, 0) is 0 Å². The molecule has 0 aliphatic carbocycles. The van der Waals surface area contributed by atoms with E-state index in [1.54, 1.807) is 0 Å². The van der Waals surface area contributed by atoms with Crippen molar-refractivity contribution in [1.82, 2.24) is 0 Å². The molecule has 0 amide bonds. The summed E-state index contributed by atoms with van der Waals surface area (Å²) >= 11 is 0. The molecule has 0 spiro atoms. The third kappa shape index (κ3) is 11.1. The van der Waals surface area contributed by atoms with Gasteiger partial charge in [0.15, 0.2) is 0 Å². The van der Waals surface area contributed by atoms with E-state index in [2.05, 4.69) is 288 Å². The molecule has 9 aromatic rings. The molecule has 0 saturated heterocycles. The van der Waals surface area contributed by atoms with Crippen LogP contribution in [0.15, 0.2) is 200 Å². The molecule has 0 bridgehead atoms. The van der Waals surface area contributed by atoms with Crippen molar-refractivity contribution in [2.75, 3.05) is 4.90 Å². The van der Waals surface area contributed by atoms with Crippen LogP contribution < -0.4 is 4.90 Å². The fraction of sp³-hybridized carbons (Fsp3) is 0.250. The van der Waals surface area contributed by atoms with Crippen LogP contribution in [0, 0.1) is 0 Å². The Morgan fingerprint density at radius 2 is 0.411 bits per heavy atom. The van der Waals surface area contributed by atoms with Gasteiger partial charge in [-0.15, -0.1) is 0 Å². The van der Waals surface area contributed by atoms with Gasteiger partial charge in [0.2, 0.25) is 0 Å². The summed E-state index contributed by atoms with van der Waals surface area (Å²) in [6, 6.07) is 76.1. The van der Waals surface area contributed by atoms with Gasteiger partial charge in [-0.05, 0) is 190 Å². The van der Waals surface area contributed by atoms with Gasteiger partial charge in [0.05, 0.1) is 0 Å². The third-order valence-electron chi connectivity index (χ3n) is 15.1. The lowest BCUT2D eigenvalue weighted by Crippen LogP contribution is -2.10. The van der Waals surface area contributed by atoms with E-state index in [0.29, 0.717) is 35.5 Å². The monoisotopic (exact) mass is 954 g/mol. The van der Waals surface area contributed by atoms with Crippen LogP contribution >= 0.6 is 0 Å². The fourth-order valence-corrected chi connectivity index (χ4v) is 10.5. The van der Waals surface area contributed by atoms with Crippen molar-refractivity contribution in [2.24, 2.45) is 0 Å². The lowest BCUT2D eigenvalue weighted by atomic mass is 9.88. The third-order valence-corrected chi connectivity index (χ3v) is 15.1. The number of hydrogen-bond acceptors (Lipinski definition) is 1. The summed E-state index contributed by atoms with van der Waals surface area (Å²) in [6.07, 6.45) is 0. The summed E-state index contributed by atoms with van der Waals surface area (Å²) in [5, 5.41) is 0. The number of nitrogens with zero attached hydrogens (tertiary/aromatic N) is 1. The highest BCUT2D eigenvalue weighted by Crippen LogP contribution is 2.42. The molecule has 1 nitrogen and oxygen atoms in total. The fourth-order valence-electron chi connectivity index (χ4n) is 10.5. The molecular formula is C72H75N. The van der Waals surface area contributed by atoms with Gasteiger partial charge >= 0.3 is 0 Å². The number of hydrogen-bond donors (Lipinski definition) is 0. The summed E-state index contributed by atoms with van der Waals surface area (Å²) in [6.45, 7) is 27.3. The van der Waals surface area contributed by atoms with Gasteiger partial charge in [0.25, 0.3) is 0 Å². The van der Waals surface area contributed by atoms with Crippen molar-refractivity contribution >= 4 is 17.1 Å². The van der Waals surface area contributed by atoms with Gasteiger partial charge in [-0.25, -0.2) is 0 Å². The largest absolute Gasteiger partial charge is 0.311 e. The second kappa shape index (κ2) is 21.9. The smallest absolute Gasteiger partial charge is 0.0462 e. The highest BCUT2D eigenvalue weighted by atomic mass is 15.1. The lowest BCUT2D eigenvalue weighted by Gasteiger charge is -2.27. The van der Waals surface area contributed by atoms with E-state index in [-0.39, 0.29) is 0 Å². The van der Waals surface area contributed by atoms with Crippen molar-refractivity contribution in [3.05, 3.63) is 234 Å². The van der Waals surface area contributed by atoms with Crippen LogP contribution in [0.5, 0.6) is 0 Å². The average Bonchev–Trinajstić information content (AvgIpc) is 3.41. The van der Waals surface area contributed by atoms with Crippen molar-refractivity contribution in [3.8, 4) is 66.8 Å². The Kier molecular flexibility index (Phi) is 15.2. The van der Waals surface area contributed by atoms with Crippen LogP contribution in [0.2, 0.25) is 0 Å². The van der Waals surface area contributed by atoms with E-state index >= 15 is 0 Å². The zero-order valence-electron chi connectivity index (χ0n) is 45.5. The molecule has 9 rings (SSSR count). The first-order chi connectivity index (χ1) is 35.1. The van der Waals surface area contributed by atoms with Crippen molar-refractivity contribution in [2.45, 2.75) is 119 Å². The molecule has 0 N–H and O–H groups in total. The molecule has 9 aromatic carbocycles. The Morgan fingerprint density at radius 1 is 0.205 bits per heavy atom. The van der Waals surface area contributed by atoms with E-state index in [0.717, 1.165) is 17.1 Å². The van der Waals surface area contributed by atoms with Gasteiger partial charge in [-0.2, -0.15) is 0 Å². The second-order valence-electron chi connectivity index (χ2n) is 22.2. The Bertz CT molecular complexity index is 2910. The molecule has 0 aromatic heterocycles. The van der Waals surface area contributed by atoms with E-state index in [1.165, 1.54) is 100 Å². The number of benzene rings is 9. The predicted molar refractivity (Wildman–Crippen MR) is 318 cm³/mol. The first-order valence-corrected chi connectivity index (χ1v) is 27.0. The summed E-state index contributed by atoms with van der Waals surface area (Å²) < 4.78 is 0. The summed E-state index contributed by atoms with van der Waals surface area (Å²) in [4.78, 5) is 2.42. The minimum atomic E-state index is 0.380. The molecule has 368 valence electrons. The predicted octanol–water partition coefficient (Wildman–Crippen LogP) is 21.9. The maximum atomic E-state index is 2.42. The Hall–Kier alpha value is -7.22. The molecule has 0 fully saturated rings. The highest BCUT2D eigenvalue weighted by molar-refractivity contribution is 5.85. The Morgan fingerprint density at radius 3 is 0.616 bits per heavy atom. The van der Waals surface area contributed by atoms with Gasteiger partial charge in [-0.1, -0.05) is 229 Å².